The van der Waals surface area contributed by atoms with Crippen LogP contribution in [0.25, 0.3) is 5.69 Å². The normalized spacial score (nSPS) is 10.8. The number of hydrogen-bond acceptors (Lipinski definition) is 2. The van der Waals surface area contributed by atoms with Gasteiger partial charge in [0.2, 0.25) is 5.82 Å². The van der Waals surface area contributed by atoms with Gasteiger partial charge in [0, 0.05) is 6.07 Å². The minimum Gasteiger partial charge on any atom is -0.295 e. The standard InChI is InChI=1S/C10H3BrClF3N2O2/c11-3-1-5(14)6(2-4(3)13)17-9(18)7(15)8(12)16-10(17)19/h1-2H,(H,16,19). The van der Waals surface area contributed by atoms with Gasteiger partial charge in [0.15, 0.2) is 5.15 Å². The lowest BCUT2D eigenvalue weighted by atomic mass is 10.3. The summed E-state index contributed by atoms with van der Waals surface area (Å²) < 4.78 is 40.2. The highest BCUT2D eigenvalue weighted by Crippen LogP contribution is 2.21. The van der Waals surface area contributed by atoms with Crippen LogP contribution in [0, 0.1) is 17.5 Å². The van der Waals surface area contributed by atoms with E-state index in [0.717, 1.165) is 0 Å². The van der Waals surface area contributed by atoms with Gasteiger partial charge in [-0.2, -0.15) is 4.39 Å². The van der Waals surface area contributed by atoms with Gasteiger partial charge in [-0.15, -0.1) is 0 Å². The van der Waals surface area contributed by atoms with Crippen LogP contribution in [0.2, 0.25) is 5.15 Å². The number of benzene rings is 1. The molecule has 100 valence electrons. The highest BCUT2D eigenvalue weighted by molar-refractivity contribution is 9.10. The lowest BCUT2D eigenvalue weighted by Gasteiger charge is -2.07. The van der Waals surface area contributed by atoms with E-state index in [1.54, 1.807) is 4.98 Å². The first-order valence-electron chi connectivity index (χ1n) is 4.68. The molecule has 0 unspecified atom stereocenters. The third kappa shape index (κ3) is 2.33. The van der Waals surface area contributed by atoms with Crippen molar-refractivity contribution in [2.45, 2.75) is 0 Å². The maximum atomic E-state index is 13.6. The van der Waals surface area contributed by atoms with Crippen LogP contribution >= 0.6 is 27.5 Å². The van der Waals surface area contributed by atoms with Crippen molar-refractivity contribution in [2.24, 2.45) is 0 Å². The largest absolute Gasteiger partial charge is 0.334 e. The average molecular weight is 355 g/mol. The Morgan fingerprint density at radius 1 is 1.16 bits per heavy atom. The molecule has 0 aliphatic rings. The van der Waals surface area contributed by atoms with Crippen LogP contribution in [-0.4, -0.2) is 9.55 Å². The van der Waals surface area contributed by atoms with Gasteiger partial charge < -0.3 is 0 Å². The van der Waals surface area contributed by atoms with E-state index >= 15 is 0 Å². The zero-order valence-electron chi connectivity index (χ0n) is 8.81. The maximum absolute atomic E-state index is 13.6. The number of hydrogen-bond donors (Lipinski definition) is 1. The van der Waals surface area contributed by atoms with E-state index in [1.807, 2.05) is 0 Å². The van der Waals surface area contributed by atoms with Crippen molar-refractivity contribution in [1.29, 1.82) is 0 Å². The number of halogens is 5. The number of aromatic nitrogens is 2. The van der Waals surface area contributed by atoms with Gasteiger partial charge in [-0.25, -0.2) is 18.1 Å². The number of H-pyrrole nitrogens is 1. The molecule has 0 spiro atoms. The Kier molecular flexibility index (Phi) is 3.55. The van der Waals surface area contributed by atoms with Crippen molar-refractivity contribution in [3.8, 4) is 5.69 Å². The fourth-order valence-electron chi connectivity index (χ4n) is 1.39. The van der Waals surface area contributed by atoms with E-state index < -0.39 is 39.5 Å². The number of nitrogens with zero attached hydrogens (tertiary/aromatic N) is 1. The van der Waals surface area contributed by atoms with E-state index in [2.05, 4.69) is 15.9 Å². The first-order valence-corrected chi connectivity index (χ1v) is 5.85. The van der Waals surface area contributed by atoms with E-state index in [0.29, 0.717) is 12.1 Å². The molecule has 0 amide bonds. The first kappa shape index (κ1) is 13.9. The van der Waals surface area contributed by atoms with Crippen LogP contribution in [0.3, 0.4) is 0 Å². The van der Waals surface area contributed by atoms with Crippen molar-refractivity contribution in [1.82, 2.24) is 9.55 Å². The van der Waals surface area contributed by atoms with Gasteiger partial charge in [0.25, 0.3) is 5.56 Å². The highest BCUT2D eigenvalue weighted by Gasteiger charge is 2.18. The second kappa shape index (κ2) is 4.86. The van der Waals surface area contributed by atoms with Crippen molar-refractivity contribution >= 4 is 27.5 Å². The fourth-order valence-corrected chi connectivity index (χ4v) is 1.87. The summed E-state index contributed by atoms with van der Waals surface area (Å²) >= 11 is 7.99. The van der Waals surface area contributed by atoms with Gasteiger partial charge >= 0.3 is 5.69 Å². The summed E-state index contributed by atoms with van der Waals surface area (Å²) in [5.74, 6) is -3.47. The molecule has 2 rings (SSSR count). The van der Waals surface area contributed by atoms with Gasteiger partial charge in [0.05, 0.1) is 10.2 Å². The molecule has 19 heavy (non-hydrogen) atoms. The third-order valence-electron chi connectivity index (χ3n) is 2.23. The topological polar surface area (TPSA) is 54.9 Å². The average Bonchev–Trinajstić information content (AvgIpc) is 2.33. The van der Waals surface area contributed by atoms with E-state index in [-0.39, 0.29) is 9.04 Å². The smallest absolute Gasteiger partial charge is 0.295 e. The second-order valence-electron chi connectivity index (χ2n) is 3.42. The van der Waals surface area contributed by atoms with Crippen LogP contribution in [0.5, 0.6) is 0 Å². The van der Waals surface area contributed by atoms with Crippen LogP contribution in [0.4, 0.5) is 13.2 Å². The molecule has 0 radical (unpaired) electrons. The predicted molar refractivity (Wildman–Crippen MR) is 65.2 cm³/mol. The summed E-state index contributed by atoms with van der Waals surface area (Å²) in [5, 5.41) is -0.802. The van der Waals surface area contributed by atoms with Gasteiger partial charge in [0.1, 0.15) is 11.6 Å². The van der Waals surface area contributed by atoms with E-state index in [9.17, 15) is 22.8 Å². The summed E-state index contributed by atoms with van der Waals surface area (Å²) in [7, 11) is 0. The number of nitrogens with one attached hydrogen (secondary N) is 1. The molecule has 0 fully saturated rings. The Labute approximate surface area is 116 Å². The van der Waals surface area contributed by atoms with Crippen molar-refractivity contribution in [2.75, 3.05) is 0 Å². The van der Waals surface area contributed by atoms with Crippen molar-refractivity contribution < 1.29 is 13.2 Å². The number of rotatable bonds is 1. The molecule has 1 aromatic heterocycles. The molecule has 0 aliphatic carbocycles. The predicted octanol–water partition coefficient (Wildman–Crippen LogP) is 2.36. The maximum Gasteiger partial charge on any atom is 0.334 e. The Morgan fingerprint density at radius 3 is 2.42 bits per heavy atom. The summed E-state index contributed by atoms with van der Waals surface area (Å²) in [6.45, 7) is 0. The Hall–Kier alpha value is -1.54. The van der Waals surface area contributed by atoms with Gasteiger partial charge in [-0.3, -0.25) is 9.78 Å². The zero-order valence-corrected chi connectivity index (χ0v) is 11.2. The second-order valence-corrected chi connectivity index (χ2v) is 4.65. The van der Waals surface area contributed by atoms with E-state index in [4.69, 9.17) is 11.6 Å². The third-order valence-corrected chi connectivity index (χ3v) is 3.10. The molecule has 0 atom stereocenters. The van der Waals surface area contributed by atoms with Crippen molar-refractivity contribution in [3.63, 3.8) is 0 Å². The first-order chi connectivity index (χ1) is 8.82. The molecule has 1 heterocycles. The highest BCUT2D eigenvalue weighted by atomic mass is 79.9. The molecule has 9 heteroatoms. The van der Waals surface area contributed by atoms with Crippen LogP contribution in [-0.2, 0) is 0 Å². The lowest BCUT2D eigenvalue weighted by molar-refractivity contribution is 0.562. The van der Waals surface area contributed by atoms with Gasteiger partial charge in [-0.1, -0.05) is 11.6 Å². The quantitative estimate of drug-likeness (QED) is 0.631. The molecule has 1 aromatic carbocycles. The molecule has 0 aliphatic heterocycles. The lowest BCUT2D eigenvalue weighted by Crippen LogP contribution is -2.36. The monoisotopic (exact) mass is 354 g/mol. The minimum absolute atomic E-state index is 0.117. The van der Waals surface area contributed by atoms with Crippen LogP contribution < -0.4 is 11.2 Å². The molecule has 0 bridgehead atoms. The summed E-state index contributed by atoms with van der Waals surface area (Å²) in [6.07, 6.45) is 0. The molecule has 1 N–H and O–H groups in total. The fraction of sp³-hybridized carbons (Fsp3) is 0. The van der Waals surface area contributed by atoms with Crippen molar-refractivity contribution in [3.05, 3.63) is 60.0 Å². The Bertz CT molecular complexity index is 788. The molecule has 4 nitrogen and oxygen atoms in total. The summed E-state index contributed by atoms with van der Waals surface area (Å²) in [4.78, 5) is 24.9. The van der Waals surface area contributed by atoms with Gasteiger partial charge in [-0.05, 0) is 22.0 Å². The number of aromatic amines is 1. The SMILES string of the molecule is O=c1[nH]c(Cl)c(F)c(=O)n1-c1cc(F)c(Br)cc1F. The molecule has 2 aromatic rings. The van der Waals surface area contributed by atoms with Crippen LogP contribution in [0.1, 0.15) is 0 Å². The zero-order chi connectivity index (χ0) is 14.3. The Morgan fingerprint density at radius 2 is 1.79 bits per heavy atom. The molecule has 0 saturated carbocycles. The van der Waals surface area contributed by atoms with E-state index in [1.165, 1.54) is 0 Å². The Balaban J connectivity index is 2.88. The minimum atomic E-state index is -1.48. The molecular formula is C10H3BrClF3N2O2. The summed E-state index contributed by atoms with van der Waals surface area (Å²) in [5.41, 5.74) is -3.38. The van der Waals surface area contributed by atoms with Crippen LogP contribution in [0.15, 0.2) is 26.2 Å². The molecule has 0 saturated heterocycles. The summed E-state index contributed by atoms with van der Waals surface area (Å²) in [6, 6.07) is 1.30. The molecular weight excluding hydrogens is 352 g/mol.